The number of nitrogens with one attached hydrogen (secondary N) is 1. The first kappa shape index (κ1) is 14.8. The first-order valence-electron chi connectivity index (χ1n) is 6.63. The average Bonchev–Trinajstić information content (AvgIpc) is 2.47. The second-order valence-electron chi connectivity index (χ2n) is 5.09. The van der Waals surface area contributed by atoms with Crippen LogP contribution in [0.3, 0.4) is 0 Å². The average molecular weight is 340 g/mol. The molecular weight excluding hydrogens is 322 g/mol. The number of rotatable bonds is 3. The van der Waals surface area contributed by atoms with Gasteiger partial charge in [-0.15, -0.1) is 0 Å². The number of halogens is 1. The maximum atomic E-state index is 12.4. The van der Waals surface area contributed by atoms with Gasteiger partial charge in [0.25, 0.3) is 5.91 Å². The molecule has 1 aromatic carbocycles. The summed E-state index contributed by atoms with van der Waals surface area (Å²) in [5.74, 6) is -0.125. The van der Waals surface area contributed by atoms with E-state index in [9.17, 15) is 4.79 Å². The Labute approximate surface area is 126 Å². The van der Waals surface area contributed by atoms with Crippen LogP contribution in [0.1, 0.15) is 42.5 Å². The number of benzene rings is 1. The fraction of sp³-hybridized carbons (Fsp3) is 0.429. The summed E-state index contributed by atoms with van der Waals surface area (Å²) in [6, 6.07) is 7.15. The molecule has 0 spiro atoms. The summed E-state index contributed by atoms with van der Waals surface area (Å²) >= 11 is 3.34. The summed E-state index contributed by atoms with van der Waals surface area (Å²) in [6.07, 6.45) is 4.41. The summed E-state index contributed by atoms with van der Waals surface area (Å²) < 4.78 is 0.839. The summed E-state index contributed by atoms with van der Waals surface area (Å²) in [4.78, 5) is 12.4. The molecule has 0 bridgehead atoms. The largest absolute Gasteiger partial charge is 0.409 e. The van der Waals surface area contributed by atoms with Gasteiger partial charge in [-0.05, 0) is 31.0 Å². The van der Waals surface area contributed by atoms with Crippen molar-refractivity contribution >= 4 is 27.7 Å². The third-order valence-corrected chi connectivity index (χ3v) is 4.24. The molecule has 6 heteroatoms. The van der Waals surface area contributed by atoms with Crippen LogP contribution in [0, 0.1) is 0 Å². The minimum absolute atomic E-state index is 0.0838. The Balaban J connectivity index is 2.22. The summed E-state index contributed by atoms with van der Waals surface area (Å²) in [6.45, 7) is 0. The van der Waals surface area contributed by atoms with Gasteiger partial charge in [0, 0.05) is 10.0 Å². The second-order valence-corrected chi connectivity index (χ2v) is 6.01. The van der Waals surface area contributed by atoms with Gasteiger partial charge >= 0.3 is 0 Å². The van der Waals surface area contributed by atoms with E-state index in [1.807, 2.05) is 6.07 Å². The topological polar surface area (TPSA) is 87.7 Å². The zero-order chi connectivity index (χ0) is 14.6. The fourth-order valence-electron chi connectivity index (χ4n) is 2.62. The predicted molar refractivity (Wildman–Crippen MR) is 80.8 cm³/mol. The van der Waals surface area contributed by atoms with Crippen molar-refractivity contribution in [1.29, 1.82) is 0 Å². The zero-order valence-electron chi connectivity index (χ0n) is 11.1. The highest BCUT2D eigenvalue weighted by Crippen LogP contribution is 2.29. The Bertz CT molecular complexity index is 525. The lowest BCUT2D eigenvalue weighted by Gasteiger charge is -2.36. The van der Waals surface area contributed by atoms with Crippen molar-refractivity contribution in [3.63, 3.8) is 0 Å². The van der Waals surface area contributed by atoms with Crippen molar-refractivity contribution < 1.29 is 10.0 Å². The third kappa shape index (κ3) is 3.12. The van der Waals surface area contributed by atoms with E-state index in [1.165, 1.54) is 0 Å². The van der Waals surface area contributed by atoms with E-state index in [-0.39, 0.29) is 11.7 Å². The zero-order valence-corrected chi connectivity index (χ0v) is 12.7. The van der Waals surface area contributed by atoms with Crippen LogP contribution in [-0.2, 0) is 0 Å². The van der Waals surface area contributed by atoms with Crippen molar-refractivity contribution in [2.24, 2.45) is 10.9 Å². The molecular formula is C14H18BrN3O2. The van der Waals surface area contributed by atoms with E-state index in [4.69, 9.17) is 10.9 Å². The second kappa shape index (κ2) is 6.26. The molecule has 0 radical (unpaired) electrons. The van der Waals surface area contributed by atoms with Crippen LogP contribution in [0.4, 0.5) is 0 Å². The van der Waals surface area contributed by atoms with Gasteiger partial charge in [-0.1, -0.05) is 46.4 Å². The van der Waals surface area contributed by atoms with Gasteiger partial charge < -0.3 is 16.3 Å². The van der Waals surface area contributed by atoms with Gasteiger partial charge in [-0.25, -0.2) is 0 Å². The first-order chi connectivity index (χ1) is 9.57. The molecule has 5 nitrogen and oxygen atoms in total. The SMILES string of the molecule is N/C(=N/O)C1(NC(=O)c2cccc(Br)c2)CCCCC1. The Hall–Kier alpha value is -1.56. The number of carbonyl (C=O) groups excluding carboxylic acids is 1. The standard InChI is InChI=1S/C14H18BrN3O2/c15-11-6-4-5-10(9-11)12(19)17-14(13(16)18-20)7-2-1-3-8-14/h4-6,9,20H,1-3,7-8H2,(H2,16,18)(H,17,19). The molecule has 1 aliphatic carbocycles. The highest BCUT2D eigenvalue weighted by Gasteiger charge is 2.38. The van der Waals surface area contributed by atoms with Gasteiger partial charge in [0.05, 0.1) is 0 Å². The van der Waals surface area contributed by atoms with Crippen LogP contribution < -0.4 is 11.1 Å². The molecule has 0 aromatic heterocycles. The Morgan fingerprint density at radius 3 is 2.65 bits per heavy atom. The lowest BCUT2D eigenvalue weighted by atomic mass is 9.80. The summed E-state index contributed by atoms with van der Waals surface area (Å²) in [7, 11) is 0. The molecule has 1 amide bonds. The van der Waals surface area contributed by atoms with Gasteiger partial charge in [0.2, 0.25) is 0 Å². The molecule has 1 aliphatic rings. The van der Waals surface area contributed by atoms with E-state index >= 15 is 0 Å². The lowest BCUT2D eigenvalue weighted by Crippen LogP contribution is -2.58. The van der Waals surface area contributed by atoms with Gasteiger partial charge in [-0.2, -0.15) is 0 Å². The number of nitrogens with zero attached hydrogens (tertiary/aromatic N) is 1. The predicted octanol–water partition coefficient (Wildman–Crippen LogP) is 2.63. The number of hydrogen-bond donors (Lipinski definition) is 3. The molecule has 20 heavy (non-hydrogen) atoms. The molecule has 1 aromatic rings. The number of nitrogens with two attached hydrogens (primary N) is 1. The third-order valence-electron chi connectivity index (χ3n) is 3.74. The molecule has 1 saturated carbocycles. The highest BCUT2D eigenvalue weighted by atomic mass is 79.9. The Kier molecular flexibility index (Phi) is 4.65. The smallest absolute Gasteiger partial charge is 0.252 e. The molecule has 0 atom stereocenters. The fourth-order valence-corrected chi connectivity index (χ4v) is 3.01. The minimum Gasteiger partial charge on any atom is -0.409 e. The van der Waals surface area contributed by atoms with E-state index in [2.05, 4.69) is 26.4 Å². The maximum absolute atomic E-state index is 12.4. The lowest BCUT2D eigenvalue weighted by molar-refractivity contribution is 0.0905. The molecule has 0 unspecified atom stereocenters. The van der Waals surface area contributed by atoms with Crippen molar-refractivity contribution in [3.8, 4) is 0 Å². The molecule has 0 aliphatic heterocycles. The maximum Gasteiger partial charge on any atom is 0.252 e. The van der Waals surface area contributed by atoms with Crippen molar-refractivity contribution in [3.05, 3.63) is 34.3 Å². The number of amides is 1. The van der Waals surface area contributed by atoms with Crippen LogP contribution >= 0.6 is 15.9 Å². The first-order valence-corrected chi connectivity index (χ1v) is 7.43. The van der Waals surface area contributed by atoms with Gasteiger partial charge in [0.1, 0.15) is 5.54 Å². The monoisotopic (exact) mass is 339 g/mol. The molecule has 108 valence electrons. The van der Waals surface area contributed by atoms with Crippen LogP contribution in [0.5, 0.6) is 0 Å². The van der Waals surface area contributed by atoms with E-state index < -0.39 is 5.54 Å². The number of carbonyl (C=O) groups is 1. The van der Waals surface area contributed by atoms with E-state index in [1.54, 1.807) is 18.2 Å². The van der Waals surface area contributed by atoms with Crippen molar-refractivity contribution in [2.45, 2.75) is 37.6 Å². The van der Waals surface area contributed by atoms with Gasteiger partial charge in [0.15, 0.2) is 5.84 Å². The number of oxime groups is 1. The quantitative estimate of drug-likeness (QED) is 0.342. The molecule has 0 saturated heterocycles. The van der Waals surface area contributed by atoms with Gasteiger partial charge in [-0.3, -0.25) is 4.79 Å². The highest BCUT2D eigenvalue weighted by molar-refractivity contribution is 9.10. The molecule has 0 heterocycles. The molecule has 1 fully saturated rings. The Morgan fingerprint density at radius 2 is 2.05 bits per heavy atom. The van der Waals surface area contributed by atoms with Crippen LogP contribution in [0.2, 0.25) is 0 Å². The van der Waals surface area contributed by atoms with E-state index in [0.717, 1.165) is 23.7 Å². The summed E-state index contributed by atoms with van der Waals surface area (Å²) in [5.41, 5.74) is 5.64. The summed E-state index contributed by atoms with van der Waals surface area (Å²) in [5, 5.41) is 15.1. The van der Waals surface area contributed by atoms with Crippen LogP contribution in [0.25, 0.3) is 0 Å². The van der Waals surface area contributed by atoms with Crippen molar-refractivity contribution in [1.82, 2.24) is 5.32 Å². The van der Waals surface area contributed by atoms with Crippen LogP contribution in [0.15, 0.2) is 33.9 Å². The molecule has 2 rings (SSSR count). The molecule has 4 N–H and O–H groups in total. The Morgan fingerprint density at radius 1 is 1.35 bits per heavy atom. The normalized spacial score (nSPS) is 18.6. The number of hydrogen-bond acceptors (Lipinski definition) is 3. The van der Waals surface area contributed by atoms with E-state index in [0.29, 0.717) is 18.4 Å². The number of amidine groups is 1. The van der Waals surface area contributed by atoms with Crippen molar-refractivity contribution in [2.75, 3.05) is 0 Å². The minimum atomic E-state index is -0.730. The van der Waals surface area contributed by atoms with Crippen LogP contribution in [-0.4, -0.2) is 22.5 Å².